The number of hydrogen-bond donors (Lipinski definition) is 2. The van der Waals surface area contributed by atoms with E-state index in [0.29, 0.717) is 17.1 Å². The zero-order chi connectivity index (χ0) is 23.3. The molecule has 0 fully saturated rings. The van der Waals surface area contributed by atoms with Crippen molar-refractivity contribution in [1.29, 1.82) is 0 Å². The summed E-state index contributed by atoms with van der Waals surface area (Å²) in [6, 6.07) is 24.9. The summed E-state index contributed by atoms with van der Waals surface area (Å²) >= 11 is 6.19. The van der Waals surface area contributed by atoms with E-state index in [-0.39, 0.29) is 12.4 Å². The van der Waals surface area contributed by atoms with Crippen LogP contribution in [0, 0.1) is 5.82 Å². The zero-order valence-electron chi connectivity index (χ0n) is 18.7. The third-order valence-electron chi connectivity index (χ3n) is 5.94. The second kappa shape index (κ2) is 10.2. The van der Waals surface area contributed by atoms with Crippen LogP contribution in [-0.2, 0) is 19.6 Å². The largest absolute Gasteiger partial charge is 0.488 e. The van der Waals surface area contributed by atoms with Gasteiger partial charge in [-0.3, -0.25) is 0 Å². The molecule has 0 radical (unpaired) electrons. The summed E-state index contributed by atoms with van der Waals surface area (Å²) < 4.78 is 20.3. The molecule has 0 aliphatic rings. The lowest BCUT2D eigenvalue weighted by Gasteiger charge is -2.16. The molecule has 172 valence electrons. The van der Waals surface area contributed by atoms with Gasteiger partial charge in [-0.1, -0.05) is 60.1 Å². The molecule has 0 spiro atoms. The molecule has 0 amide bonds. The number of aryl methyl sites for hydroxylation is 1. The van der Waals surface area contributed by atoms with Crippen LogP contribution in [0.1, 0.15) is 23.4 Å². The molecule has 1 heterocycles. The maximum absolute atomic E-state index is 14.2. The lowest BCUT2D eigenvalue weighted by molar-refractivity contribution is 0.296. The van der Waals surface area contributed by atoms with Gasteiger partial charge in [-0.15, -0.1) is 0 Å². The van der Waals surface area contributed by atoms with Crippen molar-refractivity contribution in [3.63, 3.8) is 0 Å². The fraction of sp³-hybridized carbons (Fsp3) is 0.179. The molecule has 6 heteroatoms. The lowest BCUT2D eigenvalue weighted by atomic mass is 10.0. The van der Waals surface area contributed by atoms with E-state index in [9.17, 15) is 4.39 Å². The van der Waals surface area contributed by atoms with Crippen molar-refractivity contribution in [2.45, 2.75) is 26.0 Å². The van der Waals surface area contributed by atoms with Crippen LogP contribution in [0.2, 0.25) is 5.02 Å². The molecule has 0 aliphatic heterocycles. The number of rotatable bonds is 9. The third kappa shape index (κ3) is 4.91. The SMILES string of the molecule is Fc1cccc(Cl)c1COc1ccc2ccccc2c1CNCCCc1nc2ccccc2[nH]1. The zero-order valence-corrected chi connectivity index (χ0v) is 19.4. The van der Waals surface area contributed by atoms with Gasteiger partial charge >= 0.3 is 0 Å². The van der Waals surface area contributed by atoms with Crippen molar-refractivity contribution >= 4 is 33.4 Å². The first-order chi connectivity index (χ1) is 16.7. The summed E-state index contributed by atoms with van der Waals surface area (Å²) in [6.07, 6.45) is 1.82. The average Bonchev–Trinajstić information content (AvgIpc) is 3.27. The highest BCUT2D eigenvalue weighted by Crippen LogP contribution is 2.30. The number of H-pyrrole nitrogens is 1. The Balaban J connectivity index is 1.26. The Kier molecular flexibility index (Phi) is 6.74. The highest BCUT2D eigenvalue weighted by Gasteiger charge is 2.12. The number of halogens is 2. The third-order valence-corrected chi connectivity index (χ3v) is 6.29. The lowest BCUT2D eigenvalue weighted by Crippen LogP contribution is -2.16. The minimum absolute atomic E-state index is 0.0723. The quantitative estimate of drug-likeness (QED) is 0.231. The minimum Gasteiger partial charge on any atom is -0.488 e. The van der Waals surface area contributed by atoms with Crippen molar-refractivity contribution in [2.75, 3.05) is 6.54 Å². The summed E-state index contributed by atoms with van der Waals surface area (Å²) in [6.45, 7) is 1.55. The molecule has 0 atom stereocenters. The van der Waals surface area contributed by atoms with E-state index < -0.39 is 0 Å². The molecule has 0 bridgehead atoms. The van der Waals surface area contributed by atoms with Crippen molar-refractivity contribution < 1.29 is 9.13 Å². The molecule has 5 rings (SSSR count). The first kappa shape index (κ1) is 22.4. The van der Waals surface area contributed by atoms with Crippen molar-refractivity contribution in [2.24, 2.45) is 0 Å². The molecular formula is C28H25ClFN3O. The Morgan fingerprint density at radius 1 is 0.912 bits per heavy atom. The van der Waals surface area contributed by atoms with E-state index in [0.717, 1.165) is 58.3 Å². The van der Waals surface area contributed by atoms with Gasteiger partial charge in [0, 0.05) is 24.1 Å². The molecule has 5 aromatic rings. The molecule has 34 heavy (non-hydrogen) atoms. The molecule has 4 nitrogen and oxygen atoms in total. The normalized spacial score (nSPS) is 11.4. The van der Waals surface area contributed by atoms with Gasteiger partial charge in [-0.25, -0.2) is 9.37 Å². The van der Waals surface area contributed by atoms with Crippen LogP contribution in [0.5, 0.6) is 5.75 Å². The average molecular weight is 474 g/mol. The number of nitrogens with zero attached hydrogens (tertiary/aromatic N) is 1. The number of nitrogens with one attached hydrogen (secondary N) is 2. The van der Waals surface area contributed by atoms with Crippen LogP contribution in [-0.4, -0.2) is 16.5 Å². The van der Waals surface area contributed by atoms with E-state index in [1.165, 1.54) is 6.07 Å². The van der Waals surface area contributed by atoms with Gasteiger partial charge in [0.05, 0.1) is 16.1 Å². The number of imidazole rings is 1. The van der Waals surface area contributed by atoms with Crippen LogP contribution in [0.3, 0.4) is 0 Å². The molecule has 0 saturated carbocycles. The fourth-order valence-electron chi connectivity index (χ4n) is 4.17. The summed E-state index contributed by atoms with van der Waals surface area (Å²) in [4.78, 5) is 8.02. The van der Waals surface area contributed by atoms with Crippen molar-refractivity contribution in [3.05, 3.63) is 107 Å². The van der Waals surface area contributed by atoms with Gasteiger partial charge in [0.2, 0.25) is 0 Å². The highest BCUT2D eigenvalue weighted by atomic mass is 35.5. The van der Waals surface area contributed by atoms with Gasteiger partial charge in [0.1, 0.15) is 24.0 Å². The molecule has 0 aliphatic carbocycles. The Labute approximate surface area is 202 Å². The second-order valence-electron chi connectivity index (χ2n) is 8.23. The topological polar surface area (TPSA) is 49.9 Å². The van der Waals surface area contributed by atoms with Crippen molar-refractivity contribution in [1.82, 2.24) is 15.3 Å². The predicted octanol–water partition coefficient (Wildman–Crippen LogP) is 6.81. The van der Waals surface area contributed by atoms with E-state index in [2.05, 4.69) is 27.4 Å². The summed E-state index contributed by atoms with van der Waals surface area (Å²) in [7, 11) is 0. The van der Waals surface area contributed by atoms with Gasteiger partial charge in [0.25, 0.3) is 0 Å². The van der Waals surface area contributed by atoms with E-state index >= 15 is 0 Å². The predicted molar refractivity (Wildman–Crippen MR) is 136 cm³/mol. The van der Waals surface area contributed by atoms with Crippen LogP contribution < -0.4 is 10.1 Å². The first-order valence-corrected chi connectivity index (χ1v) is 11.8. The first-order valence-electron chi connectivity index (χ1n) is 11.4. The van der Waals surface area contributed by atoms with Crippen LogP contribution in [0.15, 0.2) is 78.9 Å². The number of ether oxygens (including phenoxy) is 1. The Hall–Kier alpha value is -3.41. The number of para-hydroxylation sites is 2. The molecule has 4 aromatic carbocycles. The van der Waals surface area contributed by atoms with Crippen LogP contribution in [0.4, 0.5) is 4.39 Å². The van der Waals surface area contributed by atoms with Gasteiger partial charge in [-0.2, -0.15) is 0 Å². The summed E-state index contributed by atoms with van der Waals surface area (Å²) in [5.74, 6) is 1.36. The van der Waals surface area contributed by atoms with E-state index in [4.69, 9.17) is 16.3 Å². The van der Waals surface area contributed by atoms with Crippen LogP contribution >= 0.6 is 11.6 Å². The number of benzene rings is 4. The second-order valence-corrected chi connectivity index (χ2v) is 8.64. The number of fused-ring (bicyclic) bond motifs is 2. The fourth-order valence-corrected chi connectivity index (χ4v) is 4.39. The molecule has 1 aromatic heterocycles. The molecule has 2 N–H and O–H groups in total. The Morgan fingerprint density at radius 2 is 1.76 bits per heavy atom. The maximum atomic E-state index is 14.2. The van der Waals surface area contributed by atoms with Gasteiger partial charge < -0.3 is 15.0 Å². The van der Waals surface area contributed by atoms with Crippen molar-refractivity contribution in [3.8, 4) is 5.75 Å². The van der Waals surface area contributed by atoms with Gasteiger partial charge in [-0.05, 0) is 54.1 Å². The van der Waals surface area contributed by atoms with E-state index in [1.807, 2.05) is 48.5 Å². The maximum Gasteiger partial charge on any atom is 0.131 e. The number of aromatic nitrogens is 2. The Morgan fingerprint density at radius 3 is 2.65 bits per heavy atom. The van der Waals surface area contributed by atoms with E-state index in [1.54, 1.807) is 12.1 Å². The van der Waals surface area contributed by atoms with Crippen LogP contribution in [0.25, 0.3) is 21.8 Å². The smallest absolute Gasteiger partial charge is 0.131 e. The molecule has 0 saturated heterocycles. The summed E-state index contributed by atoms with van der Waals surface area (Å²) in [5.41, 5.74) is 3.48. The number of aromatic amines is 1. The summed E-state index contributed by atoms with van der Waals surface area (Å²) in [5, 5.41) is 6.16. The molecule has 0 unspecified atom stereocenters. The number of hydrogen-bond acceptors (Lipinski definition) is 3. The Bertz CT molecular complexity index is 1380. The highest BCUT2D eigenvalue weighted by molar-refractivity contribution is 6.31. The monoisotopic (exact) mass is 473 g/mol. The minimum atomic E-state index is -0.362. The standard InChI is InChI=1S/C28H25ClFN3O/c29-23-9-5-10-24(30)22(23)18-34-27-15-14-19-7-1-2-8-20(19)21(27)17-31-16-6-13-28-32-25-11-3-4-12-26(25)33-28/h1-5,7-12,14-15,31H,6,13,16-18H2,(H,32,33). The van der Waals surface area contributed by atoms with Gasteiger partial charge in [0.15, 0.2) is 0 Å². The molecular weight excluding hydrogens is 449 g/mol.